The fourth-order valence-corrected chi connectivity index (χ4v) is 3.10. The molecule has 1 atom stereocenters. The van der Waals surface area contributed by atoms with Gasteiger partial charge in [-0.2, -0.15) is 0 Å². The van der Waals surface area contributed by atoms with Crippen molar-refractivity contribution in [3.63, 3.8) is 0 Å². The van der Waals surface area contributed by atoms with Gasteiger partial charge in [-0.1, -0.05) is 35.3 Å². The van der Waals surface area contributed by atoms with Crippen molar-refractivity contribution in [3.05, 3.63) is 34.3 Å². The molecule has 1 heterocycles. The van der Waals surface area contributed by atoms with E-state index in [-0.39, 0.29) is 12.4 Å². The molecular weight excluding hydrogens is 290 g/mol. The highest BCUT2D eigenvalue weighted by Crippen LogP contribution is 2.25. The quantitative estimate of drug-likeness (QED) is 0.337. The summed E-state index contributed by atoms with van der Waals surface area (Å²) >= 11 is 6.31. The van der Waals surface area contributed by atoms with E-state index in [4.69, 9.17) is 22.5 Å². The molecule has 0 radical (unpaired) electrons. The van der Waals surface area contributed by atoms with Gasteiger partial charge in [-0.05, 0) is 37.4 Å². The van der Waals surface area contributed by atoms with Crippen LogP contribution in [0.5, 0.6) is 0 Å². The summed E-state index contributed by atoms with van der Waals surface area (Å²) in [5, 5.41) is 21.5. The van der Waals surface area contributed by atoms with Crippen molar-refractivity contribution >= 4 is 17.4 Å². The van der Waals surface area contributed by atoms with Gasteiger partial charge >= 0.3 is 0 Å². The number of oxime groups is 1. The zero-order valence-corrected chi connectivity index (χ0v) is 12.8. The van der Waals surface area contributed by atoms with Crippen LogP contribution in [0.15, 0.2) is 23.4 Å². The van der Waals surface area contributed by atoms with Gasteiger partial charge in [0.15, 0.2) is 5.84 Å². The van der Waals surface area contributed by atoms with Crippen molar-refractivity contribution in [1.29, 1.82) is 0 Å². The Labute approximate surface area is 130 Å². The molecule has 1 aliphatic heterocycles. The normalized spacial score (nSPS) is 20.7. The summed E-state index contributed by atoms with van der Waals surface area (Å²) in [6.07, 6.45) is 4.33. The first-order valence-electron chi connectivity index (χ1n) is 7.27. The van der Waals surface area contributed by atoms with Gasteiger partial charge in [-0.25, -0.2) is 0 Å². The maximum absolute atomic E-state index is 9.18. The first-order valence-corrected chi connectivity index (χ1v) is 7.64. The highest BCUT2D eigenvalue weighted by Gasteiger charge is 2.22. The molecule has 2 rings (SSSR count). The lowest BCUT2D eigenvalue weighted by molar-refractivity contribution is 0.112. The van der Waals surface area contributed by atoms with Gasteiger partial charge < -0.3 is 16.0 Å². The predicted molar refractivity (Wildman–Crippen MR) is 83.7 cm³/mol. The molecule has 4 N–H and O–H groups in total. The average molecular weight is 312 g/mol. The third kappa shape index (κ3) is 4.09. The lowest BCUT2D eigenvalue weighted by Crippen LogP contribution is -2.39. The van der Waals surface area contributed by atoms with Gasteiger partial charge in [-0.15, -0.1) is 0 Å². The Morgan fingerprint density at radius 2 is 2.24 bits per heavy atom. The van der Waals surface area contributed by atoms with Gasteiger partial charge in [0.25, 0.3) is 0 Å². The maximum Gasteiger partial charge on any atom is 0.170 e. The monoisotopic (exact) mass is 311 g/mol. The molecule has 6 heteroatoms. The van der Waals surface area contributed by atoms with Crippen molar-refractivity contribution in [1.82, 2.24) is 4.90 Å². The van der Waals surface area contributed by atoms with Gasteiger partial charge in [0.1, 0.15) is 0 Å². The highest BCUT2D eigenvalue weighted by atomic mass is 35.5. The number of nitrogens with zero attached hydrogens (tertiary/aromatic N) is 2. The van der Waals surface area contributed by atoms with Crippen LogP contribution >= 0.6 is 11.6 Å². The second-order valence-corrected chi connectivity index (χ2v) is 5.83. The number of piperidine rings is 1. The molecule has 5 nitrogen and oxygen atoms in total. The van der Waals surface area contributed by atoms with Crippen LogP contribution in [-0.4, -0.2) is 40.2 Å². The summed E-state index contributed by atoms with van der Waals surface area (Å²) in [7, 11) is 0. The maximum atomic E-state index is 9.18. The molecule has 0 bridgehead atoms. The number of aliphatic hydroxyl groups is 1. The summed E-state index contributed by atoms with van der Waals surface area (Å²) < 4.78 is 0. The van der Waals surface area contributed by atoms with Crippen LogP contribution < -0.4 is 5.73 Å². The van der Waals surface area contributed by atoms with Crippen LogP contribution in [0.4, 0.5) is 0 Å². The number of aliphatic hydroxyl groups excluding tert-OH is 1. The first kappa shape index (κ1) is 16.1. The SMILES string of the molecule is N/C(=N/O)c1ccc(CN2CCCCC2CCO)c(Cl)c1. The van der Waals surface area contributed by atoms with Crippen molar-refractivity contribution < 1.29 is 10.3 Å². The molecule has 1 saturated heterocycles. The largest absolute Gasteiger partial charge is 0.409 e. The lowest BCUT2D eigenvalue weighted by atomic mass is 9.98. The van der Waals surface area contributed by atoms with Crippen molar-refractivity contribution in [3.8, 4) is 0 Å². The summed E-state index contributed by atoms with van der Waals surface area (Å²) in [5.41, 5.74) is 7.19. The van der Waals surface area contributed by atoms with E-state index in [1.165, 1.54) is 12.8 Å². The fraction of sp³-hybridized carbons (Fsp3) is 0.533. The zero-order chi connectivity index (χ0) is 15.2. The van der Waals surface area contributed by atoms with E-state index in [9.17, 15) is 5.11 Å². The van der Waals surface area contributed by atoms with Crippen LogP contribution in [0.2, 0.25) is 5.02 Å². The Balaban J connectivity index is 2.11. The number of hydrogen-bond acceptors (Lipinski definition) is 4. The molecule has 0 aromatic heterocycles. The predicted octanol–water partition coefficient (Wildman–Crippen LogP) is 2.17. The number of hydrogen-bond donors (Lipinski definition) is 3. The average Bonchev–Trinajstić information content (AvgIpc) is 2.50. The molecule has 0 aliphatic carbocycles. The van der Waals surface area contributed by atoms with E-state index in [1.807, 2.05) is 6.07 Å². The minimum absolute atomic E-state index is 0.0552. The van der Waals surface area contributed by atoms with E-state index in [0.29, 0.717) is 16.6 Å². The molecule has 21 heavy (non-hydrogen) atoms. The van der Waals surface area contributed by atoms with Crippen molar-refractivity contribution in [2.75, 3.05) is 13.2 Å². The van der Waals surface area contributed by atoms with Gasteiger partial charge in [0, 0.05) is 29.8 Å². The van der Waals surface area contributed by atoms with Gasteiger partial charge in [-0.3, -0.25) is 4.90 Å². The summed E-state index contributed by atoms with van der Waals surface area (Å²) in [6, 6.07) is 5.86. The minimum atomic E-state index is 0.0552. The minimum Gasteiger partial charge on any atom is -0.409 e. The number of rotatable bonds is 5. The van der Waals surface area contributed by atoms with Crippen LogP contribution in [0.25, 0.3) is 0 Å². The van der Waals surface area contributed by atoms with Crippen LogP contribution in [0.1, 0.15) is 36.8 Å². The topological polar surface area (TPSA) is 82.1 Å². The molecule has 1 unspecified atom stereocenters. The Hall–Kier alpha value is -1.30. The Kier molecular flexibility index (Phi) is 5.85. The van der Waals surface area contributed by atoms with Crippen molar-refractivity contribution in [2.24, 2.45) is 10.9 Å². The second-order valence-electron chi connectivity index (χ2n) is 5.42. The van der Waals surface area contributed by atoms with Gasteiger partial charge in [0.05, 0.1) is 0 Å². The Morgan fingerprint density at radius 3 is 2.90 bits per heavy atom. The summed E-state index contributed by atoms with van der Waals surface area (Å²) in [4.78, 5) is 2.38. The Bertz CT molecular complexity index is 506. The molecule has 1 aromatic carbocycles. The first-order chi connectivity index (χ1) is 10.2. The standard InChI is InChI=1S/C15H22ClN3O2/c16-14-9-11(15(17)18-21)4-5-12(14)10-19-7-2-1-3-13(19)6-8-20/h4-5,9,13,20-21H,1-3,6-8,10H2,(H2,17,18). The van der Waals surface area contributed by atoms with E-state index in [2.05, 4.69) is 10.1 Å². The third-order valence-corrected chi connectivity index (χ3v) is 4.39. The van der Waals surface area contributed by atoms with Crippen LogP contribution in [0.3, 0.4) is 0 Å². The molecule has 1 fully saturated rings. The smallest absolute Gasteiger partial charge is 0.170 e. The van der Waals surface area contributed by atoms with E-state index < -0.39 is 0 Å². The number of likely N-dealkylation sites (tertiary alicyclic amines) is 1. The molecule has 1 aliphatic rings. The third-order valence-electron chi connectivity index (χ3n) is 4.04. The molecule has 0 amide bonds. The van der Waals surface area contributed by atoms with Crippen molar-refractivity contribution in [2.45, 2.75) is 38.3 Å². The number of halogens is 1. The molecule has 0 spiro atoms. The summed E-state index contributed by atoms with van der Waals surface area (Å²) in [6.45, 7) is 2.01. The second kappa shape index (κ2) is 7.64. The number of amidine groups is 1. The van der Waals surface area contributed by atoms with E-state index in [0.717, 1.165) is 31.5 Å². The molecule has 116 valence electrons. The number of benzene rings is 1. The van der Waals surface area contributed by atoms with Gasteiger partial charge in [0.2, 0.25) is 0 Å². The molecule has 0 saturated carbocycles. The van der Waals surface area contributed by atoms with Crippen LogP contribution in [0, 0.1) is 0 Å². The fourth-order valence-electron chi connectivity index (χ4n) is 2.86. The molecule has 1 aromatic rings. The Morgan fingerprint density at radius 1 is 1.43 bits per heavy atom. The molecular formula is C15H22ClN3O2. The number of nitrogens with two attached hydrogens (primary N) is 1. The lowest BCUT2D eigenvalue weighted by Gasteiger charge is -2.35. The summed E-state index contributed by atoms with van der Waals surface area (Å²) in [5.74, 6) is 0.0552. The highest BCUT2D eigenvalue weighted by molar-refractivity contribution is 6.31. The van der Waals surface area contributed by atoms with Crippen LogP contribution in [-0.2, 0) is 6.54 Å². The van der Waals surface area contributed by atoms with E-state index in [1.54, 1.807) is 12.1 Å². The zero-order valence-electron chi connectivity index (χ0n) is 12.0. The van der Waals surface area contributed by atoms with E-state index >= 15 is 0 Å².